The lowest BCUT2D eigenvalue weighted by molar-refractivity contribution is -0.122. The van der Waals surface area contributed by atoms with E-state index in [1.54, 1.807) is 0 Å². The molecule has 0 aromatic heterocycles. The van der Waals surface area contributed by atoms with E-state index in [4.69, 9.17) is 5.73 Å². The van der Waals surface area contributed by atoms with Crippen molar-refractivity contribution in [1.29, 1.82) is 0 Å². The maximum Gasteiger partial charge on any atom is 0.220 e. The minimum atomic E-state index is -0.114. The van der Waals surface area contributed by atoms with Crippen LogP contribution < -0.4 is 5.73 Å². The second-order valence-electron chi connectivity index (χ2n) is 6.54. The Kier molecular flexibility index (Phi) is 15.5. The Balaban J connectivity index is 3.14. The van der Waals surface area contributed by atoms with Gasteiger partial charge in [-0.2, -0.15) is 0 Å². The maximum atomic E-state index is 11.1. The Morgan fingerprint density at radius 1 is 0.714 bits per heavy atom. The molecule has 1 atom stereocenters. The largest absolute Gasteiger partial charge is 0.369 e. The third-order valence-electron chi connectivity index (χ3n) is 4.55. The second-order valence-corrected chi connectivity index (χ2v) is 6.54. The van der Waals surface area contributed by atoms with E-state index in [1.165, 1.54) is 83.5 Å². The van der Waals surface area contributed by atoms with Crippen LogP contribution in [-0.4, -0.2) is 5.91 Å². The number of nitrogens with two attached hydrogens (primary N) is 1. The van der Waals surface area contributed by atoms with Crippen molar-refractivity contribution in [2.75, 3.05) is 0 Å². The third kappa shape index (κ3) is 14.2. The number of carbonyl (C=O) groups excluding carboxylic acids is 1. The molecule has 0 aliphatic carbocycles. The smallest absolute Gasteiger partial charge is 0.220 e. The van der Waals surface area contributed by atoms with Gasteiger partial charge in [-0.1, -0.05) is 97.3 Å². The molecule has 0 aromatic carbocycles. The highest BCUT2D eigenvalue weighted by Crippen LogP contribution is 2.16. The fourth-order valence-corrected chi connectivity index (χ4v) is 2.96. The van der Waals surface area contributed by atoms with Crippen molar-refractivity contribution in [2.45, 2.75) is 110 Å². The predicted octanol–water partition coefficient (Wildman–Crippen LogP) is 5.98. The number of primary amides is 1. The number of rotatable bonds is 16. The third-order valence-corrected chi connectivity index (χ3v) is 4.55. The first-order valence-electron chi connectivity index (χ1n) is 9.51. The Bertz CT molecular complexity index is 228. The van der Waals surface area contributed by atoms with Gasteiger partial charge in [0, 0.05) is 5.92 Å². The van der Waals surface area contributed by atoms with Gasteiger partial charge in [0.15, 0.2) is 0 Å². The molecule has 0 aliphatic heterocycles. The Labute approximate surface area is 133 Å². The minimum absolute atomic E-state index is 0.109. The molecule has 0 fully saturated rings. The molecule has 2 N–H and O–H groups in total. The van der Waals surface area contributed by atoms with Crippen LogP contribution in [0.4, 0.5) is 0 Å². The molecule has 0 spiro atoms. The van der Waals surface area contributed by atoms with Crippen LogP contribution in [0, 0.1) is 5.92 Å². The lowest BCUT2D eigenvalue weighted by Gasteiger charge is -2.09. The molecule has 0 heterocycles. The van der Waals surface area contributed by atoms with Gasteiger partial charge in [-0.3, -0.25) is 4.79 Å². The van der Waals surface area contributed by atoms with Crippen LogP contribution >= 0.6 is 0 Å². The minimum Gasteiger partial charge on any atom is -0.369 e. The summed E-state index contributed by atoms with van der Waals surface area (Å²) < 4.78 is 0. The first-order chi connectivity index (χ1) is 10.2. The molecule has 1 unspecified atom stereocenters. The van der Waals surface area contributed by atoms with Gasteiger partial charge in [-0.15, -0.1) is 0 Å². The Morgan fingerprint density at radius 2 is 1.10 bits per heavy atom. The van der Waals surface area contributed by atoms with Crippen molar-refractivity contribution in [3.8, 4) is 0 Å². The van der Waals surface area contributed by atoms with Crippen LogP contribution in [0.5, 0.6) is 0 Å². The summed E-state index contributed by atoms with van der Waals surface area (Å²) in [5.74, 6) is -0.00542. The van der Waals surface area contributed by atoms with Gasteiger partial charge in [0.05, 0.1) is 0 Å². The summed E-state index contributed by atoms with van der Waals surface area (Å²) in [5, 5.41) is 0. The van der Waals surface area contributed by atoms with E-state index in [2.05, 4.69) is 13.8 Å². The van der Waals surface area contributed by atoms with Crippen molar-refractivity contribution in [1.82, 2.24) is 0 Å². The van der Waals surface area contributed by atoms with Gasteiger partial charge in [0.1, 0.15) is 0 Å². The molecule has 0 aromatic rings. The standard InChI is InChI=1S/C19H39NO/c1-3-5-6-7-8-9-10-11-12-13-14-15-16-17-18(4-2)19(20)21/h18H,3-17H2,1-2H3,(H2,20,21). The lowest BCUT2D eigenvalue weighted by Crippen LogP contribution is -2.22. The van der Waals surface area contributed by atoms with Crippen molar-refractivity contribution in [2.24, 2.45) is 11.7 Å². The number of carbonyl (C=O) groups is 1. The van der Waals surface area contributed by atoms with Crippen molar-refractivity contribution < 1.29 is 4.79 Å². The molecular formula is C19H39NO. The van der Waals surface area contributed by atoms with Crippen LogP contribution in [0.2, 0.25) is 0 Å². The van der Waals surface area contributed by atoms with E-state index in [-0.39, 0.29) is 11.8 Å². The Morgan fingerprint density at radius 3 is 1.43 bits per heavy atom. The van der Waals surface area contributed by atoms with Gasteiger partial charge < -0.3 is 5.73 Å². The van der Waals surface area contributed by atoms with Crippen molar-refractivity contribution in [3.05, 3.63) is 0 Å². The average molecular weight is 298 g/mol. The molecule has 0 rings (SSSR count). The van der Waals surface area contributed by atoms with Crippen LogP contribution in [-0.2, 0) is 4.79 Å². The fourth-order valence-electron chi connectivity index (χ4n) is 2.96. The van der Waals surface area contributed by atoms with Crippen molar-refractivity contribution in [3.63, 3.8) is 0 Å². The topological polar surface area (TPSA) is 43.1 Å². The summed E-state index contributed by atoms with van der Waals surface area (Å²) >= 11 is 0. The quantitative estimate of drug-likeness (QED) is 0.350. The van der Waals surface area contributed by atoms with Crippen LogP contribution in [0.25, 0.3) is 0 Å². The van der Waals surface area contributed by atoms with E-state index in [1.807, 2.05) is 0 Å². The van der Waals surface area contributed by atoms with Gasteiger partial charge in [-0.05, 0) is 12.8 Å². The highest BCUT2D eigenvalue weighted by atomic mass is 16.1. The summed E-state index contributed by atoms with van der Waals surface area (Å²) in [6.07, 6.45) is 19.7. The van der Waals surface area contributed by atoms with Crippen molar-refractivity contribution >= 4 is 5.91 Å². The van der Waals surface area contributed by atoms with E-state index < -0.39 is 0 Å². The second kappa shape index (κ2) is 15.9. The van der Waals surface area contributed by atoms with E-state index in [0.29, 0.717) is 0 Å². The molecule has 126 valence electrons. The number of unbranched alkanes of at least 4 members (excludes halogenated alkanes) is 12. The summed E-state index contributed by atoms with van der Waals surface area (Å²) in [6.45, 7) is 4.33. The van der Waals surface area contributed by atoms with Gasteiger partial charge in [-0.25, -0.2) is 0 Å². The maximum absolute atomic E-state index is 11.1. The zero-order valence-corrected chi connectivity index (χ0v) is 14.7. The summed E-state index contributed by atoms with van der Waals surface area (Å²) in [4.78, 5) is 11.1. The molecule has 0 saturated heterocycles. The normalized spacial score (nSPS) is 12.5. The van der Waals surface area contributed by atoms with Gasteiger partial charge in [0.25, 0.3) is 0 Å². The zero-order chi connectivity index (χ0) is 15.8. The molecule has 0 bridgehead atoms. The monoisotopic (exact) mass is 297 g/mol. The summed E-state index contributed by atoms with van der Waals surface area (Å²) in [6, 6.07) is 0. The van der Waals surface area contributed by atoms with E-state index in [0.717, 1.165) is 12.8 Å². The highest BCUT2D eigenvalue weighted by Gasteiger charge is 2.11. The predicted molar refractivity (Wildman–Crippen MR) is 93.3 cm³/mol. The Hall–Kier alpha value is -0.530. The number of hydrogen-bond acceptors (Lipinski definition) is 1. The molecule has 0 saturated carbocycles. The van der Waals surface area contributed by atoms with Crippen LogP contribution in [0.15, 0.2) is 0 Å². The molecule has 21 heavy (non-hydrogen) atoms. The molecule has 0 radical (unpaired) electrons. The lowest BCUT2D eigenvalue weighted by atomic mass is 9.97. The van der Waals surface area contributed by atoms with Crippen LogP contribution in [0.3, 0.4) is 0 Å². The number of hydrogen-bond donors (Lipinski definition) is 1. The summed E-state index contributed by atoms with van der Waals surface area (Å²) in [5.41, 5.74) is 5.36. The average Bonchev–Trinajstić information content (AvgIpc) is 2.47. The molecule has 1 amide bonds. The molecular weight excluding hydrogens is 258 g/mol. The molecule has 2 heteroatoms. The van der Waals surface area contributed by atoms with Gasteiger partial charge >= 0.3 is 0 Å². The fraction of sp³-hybridized carbons (Fsp3) is 0.947. The number of amides is 1. The van der Waals surface area contributed by atoms with E-state index in [9.17, 15) is 4.79 Å². The SMILES string of the molecule is CCCCCCCCCCCCCCCC(CC)C(N)=O. The molecule has 2 nitrogen and oxygen atoms in total. The van der Waals surface area contributed by atoms with E-state index >= 15 is 0 Å². The zero-order valence-electron chi connectivity index (χ0n) is 14.7. The highest BCUT2D eigenvalue weighted by molar-refractivity contribution is 5.76. The van der Waals surface area contributed by atoms with Gasteiger partial charge in [0.2, 0.25) is 5.91 Å². The van der Waals surface area contributed by atoms with Crippen LogP contribution in [0.1, 0.15) is 110 Å². The first kappa shape index (κ1) is 20.5. The first-order valence-corrected chi connectivity index (χ1v) is 9.51. The molecule has 0 aliphatic rings. The summed E-state index contributed by atoms with van der Waals surface area (Å²) in [7, 11) is 0.